The lowest BCUT2D eigenvalue weighted by Gasteiger charge is -2.59. The lowest BCUT2D eigenvalue weighted by Crippen LogP contribution is -2.59. The summed E-state index contributed by atoms with van der Waals surface area (Å²) in [6.07, 6.45) is 1.36. The van der Waals surface area contributed by atoms with Crippen LogP contribution in [-0.2, 0) is 19.0 Å². The molecule has 1 saturated heterocycles. The van der Waals surface area contributed by atoms with E-state index in [2.05, 4.69) is 13.8 Å². The molecule has 1 saturated carbocycles. The second-order valence-electron chi connectivity index (χ2n) is 8.72. The number of carbonyl (C=O) groups is 1. The van der Waals surface area contributed by atoms with Crippen molar-refractivity contribution in [1.29, 1.82) is 0 Å². The Hall–Kier alpha value is -0.650. The molecular weight excluding hydrogens is 294 g/mol. The van der Waals surface area contributed by atoms with Crippen molar-refractivity contribution in [2.75, 3.05) is 19.8 Å². The van der Waals surface area contributed by atoms with Gasteiger partial charge in [-0.15, -0.1) is 0 Å². The van der Waals surface area contributed by atoms with Gasteiger partial charge in [-0.2, -0.15) is 0 Å². The van der Waals surface area contributed by atoms with Crippen molar-refractivity contribution in [2.45, 2.75) is 65.8 Å². The third-order valence-electron chi connectivity index (χ3n) is 5.56. The fourth-order valence-electron chi connectivity index (χ4n) is 4.37. The van der Waals surface area contributed by atoms with E-state index in [1.165, 1.54) is 0 Å². The van der Waals surface area contributed by atoms with Crippen LogP contribution in [0.2, 0.25) is 0 Å². The molecule has 2 aliphatic rings. The molecule has 0 bridgehead atoms. The van der Waals surface area contributed by atoms with Crippen LogP contribution in [0.15, 0.2) is 0 Å². The molecule has 0 amide bonds. The lowest BCUT2D eigenvalue weighted by molar-refractivity contribution is -0.259. The highest BCUT2D eigenvalue weighted by Gasteiger charge is 2.60. The molecule has 0 radical (unpaired) electrons. The number of rotatable bonds is 5. The average molecular weight is 327 g/mol. The molecular formula is C18H33NO4. The molecule has 5 heteroatoms. The van der Waals surface area contributed by atoms with E-state index in [-0.39, 0.29) is 17.3 Å². The van der Waals surface area contributed by atoms with Gasteiger partial charge >= 0.3 is 5.97 Å². The van der Waals surface area contributed by atoms with Gasteiger partial charge in [-0.3, -0.25) is 4.79 Å². The number of hydrogen-bond acceptors (Lipinski definition) is 5. The minimum absolute atomic E-state index is 0.0329. The summed E-state index contributed by atoms with van der Waals surface area (Å²) in [5, 5.41) is 0. The SMILES string of the molecule is CC(C)(C)OC(=O)C[C@H](CN)[C@H]1C[C@@H](C2(C)OCCO2)C1(C)C. The molecule has 2 rings (SSSR count). The zero-order valence-electron chi connectivity index (χ0n) is 15.5. The molecule has 5 nitrogen and oxygen atoms in total. The predicted molar refractivity (Wildman–Crippen MR) is 88.7 cm³/mol. The van der Waals surface area contributed by atoms with Crippen LogP contribution in [0.3, 0.4) is 0 Å². The fraction of sp³-hybridized carbons (Fsp3) is 0.944. The Morgan fingerprint density at radius 3 is 2.26 bits per heavy atom. The zero-order chi connectivity index (χ0) is 17.5. The van der Waals surface area contributed by atoms with E-state index in [0.717, 1.165) is 6.42 Å². The average Bonchev–Trinajstić information content (AvgIpc) is 2.81. The van der Waals surface area contributed by atoms with Crippen LogP contribution in [-0.4, -0.2) is 37.1 Å². The molecule has 3 atom stereocenters. The maximum absolute atomic E-state index is 12.2. The Kier molecular flexibility index (Phi) is 5.15. The molecule has 0 unspecified atom stereocenters. The molecule has 0 spiro atoms. The summed E-state index contributed by atoms with van der Waals surface area (Å²) >= 11 is 0. The quantitative estimate of drug-likeness (QED) is 0.786. The number of esters is 1. The second kappa shape index (κ2) is 6.34. The normalized spacial score (nSPS) is 30.6. The van der Waals surface area contributed by atoms with E-state index in [0.29, 0.717) is 38.0 Å². The van der Waals surface area contributed by atoms with Crippen LogP contribution in [0.4, 0.5) is 0 Å². The highest BCUT2D eigenvalue weighted by molar-refractivity contribution is 5.70. The Balaban J connectivity index is 1.99. The van der Waals surface area contributed by atoms with Gasteiger partial charge in [0.15, 0.2) is 5.79 Å². The van der Waals surface area contributed by atoms with Crippen LogP contribution in [0.25, 0.3) is 0 Å². The second-order valence-corrected chi connectivity index (χ2v) is 8.72. The summed E-state index contributed by atoms with van der Waals surface area (Å²) in [6.45, 7) is 14.0. The van der Waals surface area contributed by atoms with E-state index < -0.39 is 11.4 Å². The highest BCUT2D eigenvalue weighted by Crippen LogP contribution is 2.60. The first-order valence-electron chi connectivity index (χ1n) is 8.69. The third kappa shape index (κ3) is 3.89. The monoisotopic (exact) mass is 327 g/mol. The maximum atomic E-state index is 12.2. The van der Waals surface area contributed by atoms with Crippen molar-refractivity contribution in [1.82, 2.24) is 0 Å². The van der Waals surface area contributed by atoms with Gasteiger partial charge in [0.2, 0.25) is 0 Å². The van der Waals surface area contributed by atoms with Crippen molar-refractivity contribution in [3.05, 3.63) is 0 Å². The van der Waals surface area contributed by atoms with Crippen molar-refractivity contribution >= 4 is 5.97 Å². The Morgan fingerprint density at radius 1 is 1.26 bits per heavy atom. The molecule has 1 heterocycles. The number of carbonyl (C=O) groups excluding carboxylic acids is 1. The molecule has 134 valence electrons. The Bertz CT molecular complexity index is 435. The van der Waals surface area contributed by atoms with E-state index in [1.807, 2.05) is 27.7 Å². The summed E-state index contributed by atoms with van der Waals surface area (Å²) in [7, 11) is 0. The molecule has 0 aromatic carbocycles. The summed E-state index contributed by atoms with van der Waals surface area (Å²) in [5.74, 6) is 0.197. The summed E-state index contributed by atoms with van der Waals surface area (Å²) in [5.41, 5.74) is 5.56. The van der Waals surface area contributed by atoms with Crippen LogP contribution in [0, 0.1) is 23.2 Å². The minimum Gasteiger partial charge on any atom is -0.460 e. The Morgan fingerprint density at radius 2 is 1.83 bits per heavy atom. The minimum atomic E-state index is -0.495. The smallest absolute Gasteiger partial charge is 0.306 e. The Labute approximate surface area is 140 Å². The van der Waals surface area contributed by atoms with Gasteiger partial charge in [-0.25, -0.2) is 0 Å². The fourth-order valence-corrected chi connectivity index (χ4v) is 4.37. The molecule has 1 aliphatic heterocycles. The van der Waals surface area contributed by atoms with Gasteiger partial charge < -0.3 is 19.9 Å². The van der Waals surface area contributed by atoms with Gasteiger partial charge in [-0.1, -0.05) is 13.8 Å². The molecule has 0 aromatic rings. The summed E-state index contributed by atoms with van der Waals surface area (Å²) < 4.78 is 17.1. The lowest BCUT2D eigenvalue weighted by atomic mass is 9.48. The highest BCUT2D eigenvalue weighted by atomic mass is 16.7. The predicted octanol–water partition coefficient (Wildman–Crippen LogP) is 2.72. The summed E-state index contributed by atoms with van der Waals surface area (Å²) in [4.78, 5) is 12.2. The first-order chi connectivity index (χ1) is 10.5. The summed E-state index contributed by atoms with van der Waals surface area (Å²) in [6, 6.07) is 0. The topological polar surface area (TPSA) is 70.8 Å². The van der Waals surface area contributed by atoms with Gasteiger partial charge in [0.25, 0.3) is 0 Å². The van der Waals surface area contributed by atoms with Crippen molar-refractivity contribution in [3.63, 3.8) is 0 Å². The van der Waals surface area contributed by atoms with E-state index >= 15 is 0 Å². The zero-order valence-corrected chi connectivity index (χ0v) is 15.5. The van der Waals surface area contributed by atoms with Crippen LogP contribution < -0.4 is 5.73 Å². The maximum Gasteiger partial charge on any atom is 0.306 e. The van der Waals surface area contributed by atoms with Gasteiger partial charge in [0.05, 0.1) is 13.2 Å². The molecule has 2 N–H and O–H groups in total. The van der Waals surface area contributed by atoms with E-state index in [9.17, 15) is 4.79 Å². The first-order valence-corrected chi connectivity index (χ1v) is 8.69. The van der Waals surface area contributed by atoms with Gasteiger partial charge in [0.1, 0.15) is 5.60 Å². The number of ether oxygens (including phenoxy) is 3. The van der Waals surface area contributed by atoms with Gasteiger partial charge in [0, 0.05) is 12.3 Å². The standard InChI is InChI=1S/C18H33NO4/c1-16(2,3)23-15(20)9-12(11-19)13-10-14(17(13,4)5)18(6)21-7-8-22-18/h12-14H,7-11,19H2,1-6H3/t12-,13-,14-/m1/s1. The molecule has 23 heavy (non-hydrogen) atoms. The van der Waals surface area contributed by atoms with Crippen molar-refractivity contribution < 1.29 is 19.0 Å². The largest absolute Gasteiger partial charge is 0.460 e. The van der Waals surface area contributed by atoms with E-state index in [1.54, 1.807) is 0 Å². The molecule has 2 fully saturated rings. The van der Waals surface area contributed by atoms with Gasteiger partial charge in [-0.05, 0) is 57.9 Å². The molecule has 0 aromatic heterocycles. The first kappa shape index (κ1) is 18.7. The number of nitrogens with two attached hydrogens (primary N) is 1. The van der Waals surface area contributed by atoms with Crippen molar-refractivity contribution in [2.24, 2.45) is 28.9 Å². The third-order valence-corrected chi connectivity index (χ3v) is 5.56. The molecule has 1 aliphatic carbocycles. The van der Waals surface area contributed by atoms with Crippen LogP contribution in [0.5, 0.6) is 0 Å². The van der Waals surface area contributed by atoms with Crippen LogP contribution >= 0.6 is 0 Å². The number of hydrogen-bond donors (Lipinski definition) is 1. The van der Waals surface area contributed by atoms with Crippen molar-refractivity contribution in [3.8, 4) is 0 Å². The van der Waals surface area contributed by atoms with Crippen LogP contribution in [0.1, 0.15) is 54.4 Å². The van der Waals surface area contributed by atoms with E-state index in [4.69, 9.17) is 19.9 Å².